The molecule has 1 fully saturated rings. The summed E-state index contributed by atoms with van der Waals surface area (Å²) in [6.45, 7) is 4.05. The number of hydrogen-bond donors (Lipinski definition) is 2. The lowest BCUT2D eigenvalue weighted by Crippen LogP contribution is -2.49. The summed E-state index contributed by atoms with van der Waals surface area (Å²) >= 11 is 0. The van der Waals surface area contributed by atoms with Gasteiger partial charge in [-0.25, -0.2) is 4.68 Å². The highest BCUT2D eigenvalue weighted by atomic mass is 16.4. The zero-order valence-corrected chi connectivity index (χ0v) is 10.8. The molecule has 1 atom stereocenters. The number of nitrogens with zero attached hydrogens (tertiary/aromatic N) is 4. The lowest BCUT2D eigenvalue weighted by Gasteiger charge is -2.25. The molecular weight excluding hydrogens is 234 g/mol. The molecule has 2 N–H and O–H groups in total. The van der Waals surface area contributed by atoms with Gasteiger partial charge in [0, 0.05) is 0 Å². The summed E-state index contributed by atoms with van der Waals surface area (Å²) in [7, 11) is 0. The maximum Gasteiger partial charge on any atom is 0.323 e. The minimum Gasteiger partial charge on any atom is -0.480 e. The minimum absolute atomic E-state index is 0.381. The standard InChI is InChI=1S/C11H19N5O2/c1-3-6-11(2,10(17)18)12-7-9-13-14-15-16(9)8-4-5-8/h8,12H,3-7H2,1-2H3,(H,17,18). The van der Waals surface area contributed by atoms with Crippen LogP contribution in [0.25, 0.3) is 0 Å². The second-order valence-corrected chi connectivity index (χ2v) is 5.01. The number of tetrazole rings is 1. The second kappa shape index (κ2) is 5.01. The molecule has 1 aliphatic carbocycles. The number of nitrogens with one attached hydrogen (secondary N) is 1. The van der Waals surface area contributed by atoms with Crippen molar-refractivity contribution in [2.24, 2.45) is 0 Å². The second-order valence-electron chi connectivity index (χ2n) is 5.01. The van der Waals surface area contributed by atoms with Gasteiger partial charge in [-0.15, -0.1) is 5.10 Å². The Bertz CT molecular complexity index is 429. The molecule has 1 unspecified atom stereocenters. The van der Waals surface area contributed by atoms with E-state index in [1.165, 1.54) is 0 Å². The average Bonchev–Trinajstić information content (AvgIpc) is 3.06. The maximum absolute atomic E-state index is 11.3. The van der Waals surface area contributed by atoms with Crippen LogP contribution in [0.15, 0.2) is 0 Å². The first-order valence-corrected chi connectivity index (χ1v) is 6.32. The van der Waals surface area contributed by atoms with Crippen molar-refractivity contribution in [3.05, 3.63) is 5.82 Å². The molecule has 0 saturated heterocycles. The van der Waals surface area contributed by atoms with Crippen molar-refractivity contribution in [2.75, 3.05) is 0 Å². The van der Waals surface area contributed by atoms with Crippen LogP contribution in [0.3, 0.4) is 0 Å². The molecule has 7 nitrogen and oxygen atoms in total. The number of carbonyl (C=O) groups is 1. The van der Waals surface area contributed by atoms with E-state index < -0.39 is 11.5 Å². The Morgan fingerprint density at radius 3 is 2.89 bits per heavy atom. The van der Waals surface area contributed by atoms with Gasteiger partial charge in [0.25, 0.3) is 0 Å². The van der Waals surface area contributed by atoms with Gasteiger partial charge in [0.15, 0.2) is 5.82 Å². The molecule has 7 heteroatoms. The summed E-state index contributed by atoms with van der Waals surface area (Å²) in [5.41, 5.74) is -0.922. The van der Waals surface area contributed by atoms with Crippen LogP contribution in [-0.4, -0.2) is 36.8 Å². The lowest BCUT2D eigenvalue weighted by molar-refractivity contribution is -0.144. The number of carboxylic acids is 1. The van der Waals surface area contributed by atoms with Gasteiger partial charge in [-0.1, -0.05) is 13.3 Å². The van der Waals surface area contributed by atoms with Crippen LogP contribution in [0.2, 0.25) is 0 Å². The van der Waals surface area contributed by atoms with Crippen molar-refractivity contribution < 1.29 is 9.90 Å². The largest absolute Gasteiger partial charge is 0.480 e. The molecule has 0 bridgehead atoms. The van der Waals surface area contributed by atoms with Crippen molar-refractivity contribution in [1.82, 2.24) is 25.5 Å². The van der Waals surface area contributed by atoms with Crippen LogP contribution in [0, 0.1) is 0 Å². The maximum atomic E-state index is 11.3. The smallest absolute Gasteiger partial charge is 0.323 e. The van der Waals surface area contributed by atoms with E-state index in [1.807, 2.05) is 6.92 Å². The fraction of sp³-hybridized carbons (Fsp3) is 0.818. The van der Waals surface area contributed by atoms with E-state index in [1.54, 1.807) is 11.6 Å². The molecule has 100 valence electrons. The summed E-state index contributed by atoms with van der Waals surface area (Å²) in [6.07, 6.45) is 3.59. The Kier molecular flexibility index (Phi) is 3.60. The lowest BCUT2D eigenvalue weighted by atomic mass is 9.96. The molecule has 18 heavy (non-hydrogen) atoms. The van der Waals surface area contributed by atoms with E-state index >= 15 is 0 Å². The third-order valence-corrected chi connectivity index (χ3v) is 3.31. The molecule has 1 saturated carbocycles. The van der Waals surface area contributed by atoms with Crippen LogP contribution in [0.5, 0.6) is 0 Å². The third kappa shape index (κ3) is 2.66. The van der Waals surface area contributed by atoms with Gasteiger partial charge in [-0.2, -0.15) is 0 Å². The molecule has 0 amide bonds. The minimum atomic E-state index is -0.922. The van der Waals surface area contributed by atoms with Gasteiger partial charge in [0.05, 0.1) is 12.6 Å². The molecule has 1 aromatic rings. The SMILES string of the molecule is CCCC(C)(NCc1nnnn1C1CC1)C(=O)O. The van der Waals surface area contributed by atoms with Crippen molar-refractivity contribution in [1.29, 1.82) is 0 Å². The Morgan fingerprint density at radius 1 is 1.61 bits per heavy atom. The number of aliphatic carboxylic acids is 1. The Labute approximate surface area is 106 Å². The highest BCUT2D eigenvalue weighted by Crippen LogP contribution is 2.34. The fourth-order valence-corrected chi connectivity index (χ4v) is 1.98. The third-order valence-electron chi connectivity index (χ3n) is 3.31. The molecule has 0 aromatic carbocycles. The van der Waals surface area contributed by atoms with Crippen LogP contribution < -0.4 is 5.32 Å². The van der Waals surface area contributed by atoms with Crippen LogP contribution in [0.1, 0.15) is 51.4 Å². The Balaban J connectivity index is 2.00. The first-order valence-electron chi connectivity index (χ1n) is 6.32. The van der Waals surface area contributed by atoms with E-state index in [9.17, 15) is 9.90 Å². The summed E-state index contributed by atoms with van der Waals surface area (Å²) in [6, 6.07) is 0.402. The quantitative estimate of drug-likeness (QED) is 0.744. The van der Waals surface area contributed by atoms with Gasteiger partial charge in [0.2, 0.25) is 0 Å². The predicted molar refractivity (Wildman–Crippen MR) is 63.9 cm³/mol. The van der Waals surface area contributed by atoms with E-state index in [0.29, 0.717) is 24.8 Å². The molecule has 1 heterocycles. The van der Waals surface area contributed by atoms with Gasteiger partial charge >= 0.3 is 5.97 Å². The first-order chi connectivity index (χ1) is 8.57. The normalized spacial score (nSPS) is 18.6. The molecule has 0 radical (unpaired) electrons. The van der Waals surface area contributed by atoms with Crippen LogP contribution >= 0.6 is 0 Å². The van der Waals surface area contributed by atoms with Crippen LogP contribution in [0.4, 0.5) is 0 Å². The average molecular weight is 253 g/mol. The van der Waals surface area contributed by atoms with Crippen molar-refractivity contribution in [3.63, 3.8) is 0 Å². The summed E-state index contributed by atoms with van der Waals surface area (Å²) in [5.74, 6) is -0.129. The molecule has 1 aromatic heterocycles. The predicted octanol–water partition coefficient (Wildman–Crippen LogP) is 0.741. The van der Waals surface area contributed by atoms with E-state index in [4.69, 9.17) is 0 Å². The zero-order valence-electron chi connectivity index (χ0n) is 10.8. The number of hydrogen-bond acceptors (Lipinski definition) is 5. The number of carboxylic acid groups (broad SMARTS) is 1. The molecule has 1 aliphatic rings. The summed E-state index contributed by atoms with van der Waals surface area (Å²) in [4.78, 5) is 11.3. The van der Waals surface area contributed by atoms with Crippen molar-refractivity contribution in [2.45, 2.75) is 57.7 Å². The molecule has 0 spiro atoms. The van der Waals surface area contributed by atoms with Crippen molar-refractivity contribution >= 4 is 5.97 Å². The van der Waals surface area contributed by atoms with E-state index in [2.05, 4.69) is 20.8 Å². The Hall–Kier alpha value is -1.50. The number of rotatable bonds is 7. The summed E-state index contributed by atoms with van der Waals surface area (Å²) < 4.78 is 1.79. The van der Waals surface area contributed by atoms with Gasteiger partial charge < -0.3 is 5.11 Å². The summed E-state index contributed by atoms with van der Waals surface area (Å²) in [5, 5.41) is 23.9. The van der Waals surface area contributed by atoms with E-state index in [-0.39, 0.29) is 0 Å². The molecule has 2 rings (SSSR count). The van der Waals surface area contributed by atoms with Gasteiger partial charge in [0.1, 0.15) is 5.54 Å². The number of aromatic nitrogens is 4. The van der Waals surface area contributed by atoms with E-state index in [0.717, 1.165) is 19.3 Å². The fourth-order valence-electron chi connectivity index (χ4n) is 1.98. The monoisotopic (exact) mass is 253 g/mol. The van der Waals surface area contributed by atoms with Gasteiger partial charge in [-0.05, 0) is 36.6 Å². The Morgan fingerprint density at radius 2 is 2.33 bits per heavy atom. The first kappa shape index (κ1) is 12.9. The molecular formula is C11H19N5O2. The highest BCUT2D eigenvalue weighted by molar-refractivity contribution is 5.78. The highest BCUT2D eigenvalue weighted by Gasteiger charge is 2.33. The zero-order chi connectivity index (χ0) is 13.2. The van der Waals surface area contributed by atoms with Gasteiger partial charge in [-0.3, -0.25) is 10.1 Å². The van der Waals surface area contributed by atoms with Crippen LogP contribution in [-0.2, 0) is 11.3 Å². The van der Waals surface area contributed by atoms with Crippen molar-refractivity contribution in [3.8, 4) is 0 Å². The topological polar surface area (TPSA) is 92.9 Å². The molecule has 0 aliphatic heterocycles.